The molecule has 6 rings (SSSR count). The first kappa shape index (κ1) is 14.7. The van der Waals surface area contributed by atoms with Gasteiger partial charge in [-0.2, -0.15) is 0 Å². The van der Waals surface area contributed by atoms with Crippen molar-refractivity contribution in [1.82, 2.24) is 0 Å². The number of hydrogen-bond donors (Lipinski definition) is 0. The van der Waals surface area contributed by atoms with E-state index < -0.39 is 5.92 Å². The smallest absolute Gasteiger partial charge is 0.344 e. The molecule has 0 N–H and O–H groups in total. The van der Waals surface area contributed by atoms with Crippen molar-refractivity contribution in [2.45, 2.75) is 25.2 Å². The second kappa shape index (κ2) is 5.73. The first-order valence-corrected chi connectivity index (χ1v) is 8.98. The second-order valence-electron chi connectivity index (χ2n) is 7.06. The molecule has 0 amide bonds. The number of hydrogen-bond acceptors (Lipinski definition) is 3. The lowest BCUT2D eigenvalue weighted by molar-refractivity contribution is -0.557. The second-order valence-corrected chi connectivity index (χ2v) is 7.06. The average molecular weight is 334 g/mol. The predicted molar refractivity (Wildman–Crippen MR) is 93.2 cm³/mol. The highest BCUT2D eigenvalue weighted by atomic mass is 16.5. The van der Waals surface area contributed by atoms with Gasteiger partial charge in [-0.25, -0.2) is 4.58 Å². The number of benzene rings is 2. The number of fused-ring (bicyclic) bond motifs is 5. The third-order valence-electron chi connectivity index (χ3n) is 5.56. The SMILES string of the molecule is O=C(OC1=[N+]2CCC(CC2)C1)C1c2ccccc2Oc2ccccc21. The summed E-state index contributed by atoms with van der Waals surface area (Å²) in [5.41, 5.74) is 1.76. The van der Waals surface area contributed by atoms with Gasteiger partial charge in [-0.3, -0.25) is 4.79 Å². The van der Waals surface area contributed by atoms with E-state index in [4.69, 9.17) is 9.47 Å². The van der Waals surface area contributed by atoms with Gasteiger partial charge >= 0.3 is 11.9 Å². The average Bonchev–Trinajstić information content (AvgIpc) is 2.67. The molecule has 4 nitrogen and oxygen atoms in total. The van der Waals surface area contributed by atoms with Crippen molar-refractivity contribution in [2.24, 2.45) is 5.92 Å². The highest BCUT2D eigenvalue weighted by Gasteiger charge is 2.39. The summed E-state index contributed by atoms with van der Waals surface area (Å²) in [6.07, 6.45) is 3.31. The summed E-state index contributed by atoms with van der Waals surface area (Å²) in [6, 6.07) is 15.5. The maximum atomic E-state index is 13.1. The molecular formula is C21H20NO3+. The molecule has 1 saturated heterocycles. The molecule has 4 heteroatoms. The molecule has 2 aromatic rings. The fourth-order valence-corrected chi connectivity index (χ4v) is 4.21. The van der Waals surface area contributed by atoms with Gasteiger partial charge in [0, 0.05) is 24.0 Å². The Bertz CT molecular complexity index is 831. The van der Waals surface area contributed by atoms with Gasteiger partial charge in [-0.1, -0.05) is 36.4 Å². The van der Waals surface area contributed by atoms with Crippen molar-refractivity contribution in [2.75, 3.05) is 13.1 Å². The molecule has 0 atom stereocenters. The van der Waals surface area contributed by atoms with Crippen molar-refractivity contribution in [3.63, 3.8) is 0 Å². The zero-order chi connectivity index (χ0) is 16.8. The van der Waals surface area contributed by atoms with E-state index in [-0.39, 0.29) is 5.97 Å². The maximum Gasteiger partial charge on any atom is 0.344 e. The van der Waals surface area contributed by atoms with Crippen LogP contribution in [-0.2, 0) is 9.53 Å². The van der Waals surface area contributed by atoms with Crippen LogP contribution in [0.2, 0.25) is 0 Å². The molecule has 4 heterocycles. The lowest BCUT2D eigenvalue weighted by atomic mass is 9.87. The van der Waals surface area contributed by atoms with E-state index >= 15 is 0 Å². The Labute approximate surface area is 146 Å². The van der Waals surface area contributed by atoms with E-state index in [1.54, 1.807) is 0 Å². The van der Waals surface area contributed by atoms with Crippen LogP contribution < -0.4 is 4.74 Å². The molecule has 2 aromatic carbocycles. The number of esters is 1. The molecule has 0 spiro atoms. The van der Waals surface area contributed by atoms with Gasteiger partial charge < -0.3 is 9.47 Å². The van der Waals surface area contributed by atoms with Crippen LogP contribution in [0.3, 0.4) is 0 Å². The Balaban J connectivity index is 1.53. The molecule has 126 valence electrons. The lowest BCUT2D eigenvalue weighted by Crippen LogP contribution is -2.41. The van der Waals surface area contributed by atoms with Crippen LogP contribution in [-0.4, -0.2) is 29.5 Å². The van der Waals surface area contributed by atoms with Gasteiger partial charge in [-0.15, -0.1) is 0 Å². The van der Waals surface area contributed by atoms with E-state index in [0.717, 1.165) is 48.0 Å². The molecule has 0 saturated carbocycles. The third kappa shape index (κ3) is 2.44. The molecule has 0 radical (unpaired) electrons. The number of piperidine rings is 1. The summed E-state index contributed by atoms with van der Waals surface area (Å²) in [5, 5.41) is 0. The number of ether oxygens (including phenoxy) is 2. The monoisotopic (exact) mass is 334 g/mol. The normalized spacial score (nSPS) is 19.2. The van der Waals surface area contributed by atoms with Gasteiger partial charge in [-0.05, 0) is 18.1 Å². The molecule has 1 fully saturated rings. The predicted octanol–water partition coefficient (Wildman–Crippen LogP) is 3.69. The first-order valence-electron chi connectivity index (χ1n) is 8.98. The lowest BCUT2D eigenvalue weighted by Gasteiger charge is -2.29. The Kier molecular flexibility index (Phi) is 3.37. The fourth-order valence-electron chi connectivity index (χ4n) is 4.21. The molecule has 0 aliphatic carbocycles. The molecule has 0 unspecified atom stereocenters. The Morgan fingerprint density at radius 3 is 2.12 bits per heavy atom. The maximum absolute atomic E-state index is 13.1. The fraction of sp³-hybridized carbons (Fsp3) is 0.333. The summed E-state index contributed by atoms with van der Waals surface area (Å²) < 4.78 is 14.1. The van der Waals surface area contributed by atoms with E-state index in [1.807, 2.05) is 48.5 Å². The van der Waals surface area contributed by atoms with Gasteiger partial charge in [0.05, 0.1) is 6.42 Å². The zero-order valence-electron chi connectivity index (χ0n) is 14.0. The number of carbonyl (C=O) groups excluding carboxylic acids is 1. The minimum absolute atomic E-state index is 0.203. The summed E-state index contributed by atoms with van der Waals surface area (Å²) in [6.45, 7) is 2.02. The van der Waals surface area contributed by atoms with E-state index in [2.05, 4.69) is 4.58 Å². The van der Waals surface area contributed by atoms with Crippen molar-refractivity contribution < 1.29 is 18.8 Å². The molecular weight excluding hydrogens is 314 g/mol. The Morgan fingerprint density at radius 1 is 0.960 bits per heavy atom. The van der Waals surface area contributed by atoms with Gasteiger partial charge in [0.25, 0.3) is 0 Å². The number of carbonyl (C=O) groups is 1. The Hall–Kier alpha value is -2.62. The number of para-hydroxylation sites is 2. The van der Waals surface area contributed by atoms with E-state index in [0.29, 0.717) is 5.92 Å². The van der Waals surface area contributed by atoms with Gasteiger partial charge in [0.15, 0.2) is 0 Å². The van der Waals surface area contributed by atoms with E-state index in [9.17, 15) is 4.79 Å². The van der Waals surface area contributed by atoms with Crippen molar-refractivity contribution in [3.8, 4) is 11.5 Å². The van der Waals surface area contributed by atoms with Crippen molar-refractivity contribution in [3.05, 3.63) is 59.7 Å². The van der Waals surface area contributed by atoms with Crippen LogP contribution in [0.15, 0.2) is 48.5 Å². The van der Waals surface area contributed by atoms with Crippen LogP contribution >= 0.6 is 0 Å². The van der Waals surface area contributed by atoms with Gasteiger partial charge in [0.1, 0.15) is 30.5 Å². The highest BCUT2D eigenvalue weighted by molar-refractivity contribution is 5.93. The minimum atomic E-state index is -0.435. The molecule has 25 heavy (non-hydrogen) atoms. The van der Waals surface area contributed by atoms with Crippen LogP contribution in [0.1, 0.15) is 36.3 Å². The van der Waals surface area contributed by atoms with Gasteiger partial charge in [0.2, 0.25) is 0 Å². The quantitative estimate of drug-likeness (QED) is 0.590. The van der Waals surface area contributed by atoms with Crippen molar-refractivity contribution >= 4 is 11.9 Å². The molecule has 4 aliphatic heterocycles. The van der Waals surface area contributed by atoms with E-state index in [1.165, 1.54) is 12.8 Å². The largest absolute Gasteiger partial charge is 0.457 e. The van der Waals surface area contributed by atoms with Crippen LogP contribution in [0.4, 0.5) is 0 Å². The molecule has 4 aliphatic rings. The summed E-state index contributed by atoms with van der Waals surface area (Å²) in [4.78, 5) is 13.1. The number of rotatable bonds is 1. The topological polar surface area (TPSA) is 38.5 Å². The number of nitrogens with zero attached hydrogens (tertiary/aromatic N) is 1. The summed E-state index contributed by atoms with van der Waals surface area (Å²) in [5.74, 6) is 2.36. The minimum Gasteiger partial charge on any atom is -0.457 e. The first-order chi connectivity index (χ1) is 12.3. The third-order valence-corrected chi connectivity index (χ3v) is 5.56. The standard InChI is InChI=1S/C21H20NO3/c23-21(25-19-13-14-9-11-22(19)12-10-14)20-15-5-1-3-7-17(15)24-18-8-4-2-6-16(18)20/h1-8,14,20H,9-13H2/q+1. The van der Waals surface area contributed by atoms with Crippen LogP contribution in [0, 0.1) is 5.92 Å². The highest BCUT2D eigenvalue weighted by Crippen LogP contribution is 2.44. The van der Waals surface area contributed by atoms with Crippen LogP contribution in [0.25, 0.3) is 0 Å². The molecule has 2 bridgehead atoms. The van der Waals surface area contributed by atoms with Crippen molar-refractivity contribution in [1.29, 1.82) is 0 Å². The summed E-state index contributed by atoms with van der Waals surface area (Å²) in [7, 11) is 0. The Morgan fingerprint density at radius 2 is 1.56 bits per heavy atom. The summed E-state index contributed by atoms with van der Waals surface area (Å²) >= 11 is 0. The van der Waals surface area contributed by atoms with Crippen LogP contribution in [0.5, 0.6) is 11.5 Å². The molecule has 0 aromatic heterocycles. The zero-order valence-corrected chi connectivity index (χ0v) is 14.0.